The largest absolute Gasteiger partial charge is 0.480 e. The molecule has 1 fully saturated rings. The molecule has 1 saturated carbocycles. The maximum Gasteiger partial charge on any atom is 0.329 e. The average molecular weight is 534 g/mol. The summed E-state index contributed by atoms with van der Waals surface area (Å²) < 4.78 is 1.55. The van der Waals surface area contributed by atoms with Gasteiger partial charge >= 0.3 is 5.97 Å². The van der Waals surface area contributed by atoms with E-state index in [0.717, 1.165) is 5.56 Å². The second kappa shape index (κ2) is 8.26. The molecule has 2 N–H and O–H groups in total. The first kappa shape index (κ1) is 23.7. The van der Waals surface area contributed by atoms with Crippen LogP contribution in [0.2, 0.25) is 15.1 Å². The molecular formula is C24H19Cl3N4O4. The first-order valence-electron chi connectivity index (χ1n) is 10.7. The molecule has 0 radical (unpaired) electrons. The zero-order valence-electron chi connectivity index (χ0n) is 18.4. The lowest BCUT2D eigenvalue weighted by atomic mass is 9.91. The fraction of sp³-hybridized carbons (Fsp3) is 0.250. The van der Waals surface area contributed by atoms with Gasteiger partial charge in [-0.15, -0.1) is 0 Å². The van der Waals surface area contributed by atoms with Crippen molar-refractivity contribution in [3.8, 4) is 0 Å². The number of benzene rings is 2. The Morgan fingerprint density at radius 2 is 1.69 bits per heavy atom. The predicted molar refractivity (Wildman–Crippen MR) is 132 cm³/mol. The molecule has 2 amide bonds. The van der Waals surface area contributed by atoms with Crippen molar-refractivity contribution in [1.82, 2.24) is 14.9 Å². The van der Waals surface area contributed by atoms with E-state index in [-0.39, 0.29) is 24.0 Å². The Labute approximate surface area is 215 Å². The van der Waals surface area contributed by atoms with Crippen LogP contribution in [-0.4, -0.2) is 38.0 Å². The van der Waals surface area contributed by atoms with E-state index in [2.05, 4.69) is 10.3 Å². The Bertz CT molecular complexity index is 1360. The molecule has 180 valence electrons. The molecule has 0 saturated heterocycles. The van der Waals surface area contributed by atoms with Gasteiger partial charge in [-0.25, -0.2) is 14.7 Å². The normalized spacial score (nSPS) is 20.0. The van der Waals surface area contributed by atoms with Crippen molar-refractivity contribution in [2.24, 2.45) is 0 Å². The summed E-state index contributed by atoms with van der Waals surface area (Å²) in [6.45, 7) is 1.71. The molecular weight excluding hydrogens is 515 g/mol. The molecule has 1 aliphatic carbocycles. The molecule has 2 aliphatic rings. The number of carboxylic acid groups (broad SMARTS) is 1. The smallest absolute Gasteiger partial charge is 0.329 e. The number of carboxylic acids is 1. The molecule has 0 spiro atoms. The Kier molecular flexibility index (Phi) is 5.58. The highest BCUT2D eigenvalue weighted by molar-refractivity contribution is 6.35. The first-order chi connectivity index (χ1) is 16.5. The fourth-order valence-electron chi connectivity index (χ4n) is 4.43. The number of fused-ring (bicyclic) bond motifs is 1. The third-order valence-corrected chi connectivity index (χ3v) is 7.10. The summed E-state index contributed by atoms with van der Waals surface area (Å²) in [6, 6.07) is 11.8. The Morgan fingerprint density at radius 3 is 2.26 bits per heavy atom. The summed E-state index contributed by atoms with van der Waals surface area (Å²) in [5, 5.41) is 13.3. The van der Waals surface area contributed by atoms with E-state index in [0.29, 0.717) is 33.6 Å². The molecule has 11 heteroatoms. The SMILES string of the molecule is C[C@@]1(Cc2ccc(Cl)cc2)C(=O)N(c2cc(Cl)cc(Cl)c2)c2ncc(C(=O)NC3(C(=O)O)CC3)n21. The monoisotopic (exact) mass is 532 g/mol. The highest BCUT2D eigenvalue weighted by Gasteiger charge is 2.54. The van der Waals surface area contributed by atoms with E-state index < -0.39 is 23.0 Å². The van der Waals surface area contributed by atoms with E-state index >= 15 is 0 Å². The number of imidazole rings is 1. The van der Waals surface area contributed by atoms with E-state index in [1.807, 2.05) is 0 Å². The third kappa shape index (κ3) is 3.95. The van der Waals surface area contributed by atoms with Gasteiger partial charge in [-0.1, -0.05) is 46.9 Å². The predicted octanol–water partition coefficient (Wildman–Crippen LogP) is 4.83. The van der Waals surface area contributed by atoms with E-state index in [1.54, 1.807) is 54.0 Å². The van der Waals surface area contributed by atoms with Crippen LogP contribution < -0.4 is 10.2 Å². The number of halogens is 3. The second-order valence-corrected chi connectivity index (χ2v) is 10.3. The highest BCUT2D eigenvalue weighted by atomic mass is 35.5. The minimum Gasteiger partial charge on any atom is -0.480 e. The molecule has 2 aromatic carbocycles. The fourth-order valence-corrected chi connectivity index (χ4v) is 5.07. The maximum atomic E-state index is 13.9. The minimum absolute atomic E-state index is 0.0768. The van der Waals surface area contributed by atoms with Crippen LogP contribution in [-0.2, 0) is 21.5 Å². The average Bonchev–Trinajstić information content (AvgIpc) is 3.38. The van der Waals surface area contributed by atoms with Crippen LogP contribution in [0, 0.1) is 0 Å². The van der Waals surface area contributed by atoms with Gasteiger partial charge in [0.1, 0.15) is 16.8 Å². The standard InChI is InChI=1S/C24H19Cl3N4O4/c1-23(11-13-2-4-14(25)5-3-13)20(33)30(17-9-15(26)8-16(27)10-17)22-28-12-18(31(22)23)19(32)29-24(6-7-24)21(34)35/h2-5,8-10,12H,6-7,11H2,1H3,(H,29,32)(H,34,35)/t23-/m1/s1. The van der Waals surface area contributed by atoms with Crippen molar-refractivity contribution in [2.75, 3.05) is 4.90 Å². The Balaban J connectivity index is 1.62. The lowest BCUT2D eigenvalue weighted by Crippen LogP contribution is -2.46. The topological polar surface area (TPSA) is 105 Å². The number of hydrogen-bond donors (Lipinski definition) is 2. The Hall–Kier alpha value is -3.07. The number of carbonyl (C=O) groups excluding carboxylic acids is 2. The molecule has 1 aliphatic heterocycles. The summed E-state index contributed by atoms with van der Waals surface area (Å²) >= 11 is 18.4. The number of aliphatic carboxylic acids is 1. The molecule has 0 unspecified atom stereocenters. The number of nitrogens with one attached hydrogen (secondary N) is 1. The molecule has 1 atom stereocenters. The van der Waals surface area contributed by atoms with Crippen LogP contribution in [0.5, 0.6) is 0 Å². The lowest BCUT2D eigenvalue weighted by Gasteiger charge is -2.27. The van der Waals surface area contributed by atoms with Crippen LogP contribution in [0.25, 0.3) is 0 Å². The number of carbonyl (C=O) groups is 3. The van der Waals surface area contributed by atoms with Gasteiger partial charge in [-0.3, -0.25) is 14.2 Å². The summed E-state index contributed by atoms with van der Waals surface area (Å²) in [6.07, 6.45) is 2.24. The maximum absolute atomic E-state index is 13.9. The molecule has 35 heavy (non-hydrogen) atoms. The van der Waals surface area contributed by atoms with Crippen molar-refractivity contribution >= 4 is 64.2 Å². The highest BCUT2D eigenvalue weighted by Crippen LogP contribution is 2.44. The zero-order valence-corrected chi connectivity index (χ0v) is 20.7. The molecule has 0 bridgehead atoms. The van der Waals surface area contributed by atoms with Gasteiger partial charge in [0.15, 0.2) is 0 Å². The van der Waals surface area contributed by atoms with Gasteiger partial charge < -0.3 is 10.4 Å². The molecule has 3 aromatic rings. The minimum atomic E-state index is -1.29. The van der Waals surface area contributed by atoms with Gasteiger partial charge in [-0.05, 0) is 55.7 Å². The van der Waals surface area contributed by atoms with Crippen LogP contribution >= 0.6 is 34.8 Å². The van der Waals surface area contributed by atoms with Gasteiger partial charge in [-0.2, -0.15) is 0 Å². The number of aromatic nitrogens is 2. The van der Waals surface area contributed by atoms with E-state index in [9.17, 15) is 19.5 Å². The first-order valence-corrected chi connectivity index (χ1v) is 11.9. The number of nitrogens with zero attached hydrogens (tertiary/aromatic N) is 3. The number of hydrogen-bond acceptors (Lipinski definition) is 4. The second-order valence-electron chi connectivity index (χ2n) is 8.97. The van der Waals surface area contributed by atoms with Crippen LogP contribution in [0.15, 0.2) is 48.7 Å². The van der Waals surface area contributed by atoms with Crippen LogP contribution in [0.4, 0.5) is 11.6 Å². The summed E-state index contributed by atoms with van der Waals surface area (Å²) in [4.78, 5) is 44.6. The lowest BCUT2D eigenvalue weighted by molar-refractivity contribution is -0.140. The number of rotatable bonds is 6. The Morgan fingerprint density at radius 1 is 1.06 bits per heavy atom. The number of amides is 2. The van der Waals surface area contributed by atoms with Gasteiger partial charge in [0.05, 0.1) is 11.9 Å². The van der Waals surface area contributed by atoms with Gasteiger partial charge in [0.2, 0.25) is 5.95 Å². The van der Waals surface area contributed by atoms with Crippen LogP contribution in [0.3, 0.4) is 0 Å². The summed E-state index contributed by atoms with van der Waals surface area (Å²) in [7, 11) is 0. The van der Waals surface area contributed by atoms with Gasteiger partial charge in [0, 0.05) is 21.5 Å². The number of anilines is 2. The summed E-state index contributed by atoms with van der Waals surface area (Å²) in [5.74, 6) is -1.86. The molecule has 5 rings (SSSR count). The van der Waals surface area contributed by atoms with Crippen molar-refractivity contribution in [1.29, 1.82) is 0 Å². The van der Waals surface area contributed by atoms with E-state index in [4.69, 9.17) is 34.8 Å². The van der Waals surface area contributed by atoms with Gasteiger partial charge in [0.25, 0.3) is 11.8 Å². The van der Waals surface area contributed by atoms with Crippen molar-refractivity contribution in [3.63, 3.8) is 0 Å². The molecule has 2 heterocycles. The van der Waals surface area contributed by atoms with E-state index in [1.165, 1.54) is 11.1 Å². The van der Waals surface area contributed by atoms with Crippen molar-refractivity contribution < 1.29 is 19.5 Å². The quantitative estimate of drug-likeness (QED) is 0.472. The third-order valence-electron chi connectivity index (χ3n) is 6.41. The summed E-state index contributed by atoms with van der Waals surface area (Å²) in [5.41, 5.74) is -1.27. The van der Waals surface area contributed by atoms with Crippen molar-refractivity contribution in [3.05, 3.63) is 75.0 Å². The molecule has 8 nitrogen and oxygen atoms in total. The molecule has 1 aromatic heterocycles. The van der Waals surface area contributed by atoms with Crippen LogP contribution in [0.1, 0.15) is 35.8 Å². The zero-order chi connectivity index (χ0) is 25.1. The van der Waals surface area contributed by atoms with Crippen molar-refractivity contribution in [2.45, 2.75) is 37.3 Å².